The molecule has 0 fully saturated rings. The molecule has 0 unspecified atom stereocenters. The SMILES string of the molecule is COc1ccc(-c2coc3cc(OC)c(/C(C)=C/C(=O)Nc4ccc(C)c(F)c4)cc23)cc1OC. The van der Waals surface area contributed by atoms with E-state index in [1.807, 2.05) is 31.2 Å². The van der Waals surface area contributed by atoms with E-state index >= 15 is 0 Å². The number of nitrogens with one attached hydrogen (secondary N) is 1. The fraction of sp³-hybridized carbons (Fsp3) is 0.179. The van der Waals surface area contributed by atoms with E-state index in [2.05, 4.69) is 5.32 Å². The summed E-state index contributed by atoms with van der Waals surface area (Å²) < 4.78 is 36.0. The largest absolute Gasteiger partial charge is 0.496 e. The molecule has 0 aliphatic carbocycles. The summed E-state index contributed by atoms with van der Waals surface area (Å²) in [5, 5.41) is 3.55. The highest BCUT2D eigenvalue weighted by atomic mass is 19.1. The first-order valence-electron chi connectivity index (χ1n) is 10.9. The molecule has 3 aromatic carbocycles. The zero-order chi connectivity index (χ0) is 25.1. The molecule has 4 rings (SSSR count). The summed E-state index contributed by atoms with van der Waals surface area (Å²) in [4.78, 5) is 12.6. The summed E-state index contributed by atoms with van der Waals surface area (Å²) in [6, 6.07) is 13.9. The number of allylic oxidation sites excluding steroid dienone is 1. The van der Waals surface area contributed by atoms with Crippen LogP contribution in [0.15, 0.2) is 65.3 Å². The number of aryl methyl sites for hydroxylation is 1. The minimum atomic E-state index is -0.377. The first kappa shape index (κ1) is 23.9. The summed E-state index contributed by atoms with van der Waals surface area (Å²) in [6.45, 7) is 3.48. The van der Waals surface area contributed by atoms with Crippen molar-refractivity contribution in [2.45, 2.75) is 13.8 Å². The van der Waals surface area contributed by atoms with Crippen molar-refractivity contribution in [2.75, 3.05) is 26.6 Å². The molecule has 0 saturated heterocycles. The number of hydrogen-bond donors (Lipinski definition) is 1. The van der Waals surface area contributed by atoms with Gasteiger partial charge in [0.2, 0.25) is 5.91 Å². The molecule has 1 N–H and O–H groups in total. The highest BCUT2D eigenvalue weighted by molar-refractivity contribution is 6.05. The first-order chi connectivity index (χ1) is 16.8. The fourth-order valence-corrected chi connectivity index (χ4v) is 3.88. The second-order valence-electron chi connectivity index (χ2n) is 8.05. The Hall–Kier alpha value is -4.26. The lowest BCUT2D eigenvalue weighted by atomic mass is 9.99. The Morgan fingerprint density at radius 1 is 0.943 bits per heavy atom. The number of rotatable bonds is 7. The van der Waals surface area contributed by atoms with Gasteiger partial charge in [0.15, 0.2) is 11.5 Å². The predicted octanol–water partition coefficient (Wildman–Crippen LogP) is 6.62. The van der Waals surface area contributed by atoms with Gasteiger partial charge in [-0.25, -0.2) is 4.39 Å². The van der Waals surface area contributed by atoms with Gasteiger partial charge < -0.3 is 23.9 Å². The van der Waals surface area contributed by atoms with E-state index < -0.39 is 0 Å². The number of methoxy groups -OCH3 is 3. The van der Waals surface area contributed by atoms with Gasteiger partial charge in [-0.15, -0.1) is 0 Å². The predicted molar refractivity (Wildman–Crippen MR) is 135 cm³/mol. The van der Waals surface area contributed by atoms with Crippen LogP contribution in [0.1, 0.15) is 18.1 Å². The molecule has 180 valence electrons. The quantitative estimate of drug-likeness (QED) is 0.304. The number of fused-ring (bicyclic) bond motifs is 1. The molecule has 0 saturated carbocycles. The zero-order valence-corrected chi connectivity index (χ0v) is 20.2. The molecule has 0 bridgehead atoms. The number of hydrogen-bond acceptors (Lipinski definition) is 5. The van der Waals surface area contributed by atoms with Gasteiger partial charge in [-0.2, -0.15) is 0 Å². The molecule has 0 spiro atoms. The fourth-order valence-electron chi connectivity index (χ4n) is 3.88. The number of amides is 1. The van der Waals surface area contributed by atoms with E-state index in [1.165, 1.54) is 12.1 Å². The maximum atomic E-state index is 13.8. The minimum absolute atomic E-state index is 0.375. The molecule has 4 aromatic rings. The molecule has 0 aliphatic rings. The van der Waals surface area contributed by atoms with E-state index in [-0.39, 0.29) is 11.7 Å². The third-order valence-corrected chi connectivity index (χ3v) is 5.80. The molecule has 35 heavy (non-hydrogen) atoms. The summed E-state index contributed by atoms with van der Waals surface area (Å²) >= 11 is 0. The van der Waals surface area contributed by atoms with Crippen molar-refractivity contribution < 1.29 is 27.8 Å². The number of benzene rings is 3. The first-order valence-corrected chi connectivity index (χ1v) is 10.9. The van der Waals surface area contributed by atoms with E-state index in [1.54, 1.807) is 52.7 Å². The number of carbonyl (C=O) groups is 1. The van der Waals surface area contributed by atoms with Crippen LogP contribution in [0.4, 0.5) is 10.1 Å². The second kappa shape index (κ2) is 9.93. The highest BCUT2D eigenvalue weighted by Gasteiger charge is 2.16. The van der Waals surface area contributed by atoms with Crippen molar-refractivity contribution in [3.05, 3.63) is 77.8 Å². The number of halogens is 1. The average molecular weight is 476 g/mol. The van der Waals surface area contributed by atoms with Gasteiger partial charge in [-0.3, -0.25) is 4.79 Å². The van der Waals surface area contributed by atoms with Gasteiger partial charge in [0.25, 0.3) is 0 Å². The second-order valence-corrected chi connectivity index (χ2v) is 8.05. The summed E-state index contributed by atoms with van der Waals surface area (Å²) in [5.74, 6) is 1.05. The van der Waals surface area contributed by atoms with Gasteiger partial charge in [-0.1, -0.05) is 12.1 Å². The van der Waals surface area contributed by atoms with Gasteiger partial charge in [-0.05, 0) is 60.9 Å². The van der Waals surface area contributed by atoms with Crippen LogP contribution in [-0.4, -0.2) is 27.2 Å². The average Bonchev–Trinajstić information content (AvgIpc) is 3.27. The van der Waals surface area contributed by atoms with Gasteiger partial charge in [0.1, 0.15) is 17.1 Å². The standard InChI is InChI=1S/C28H26FNO5/c1-16-6-8-19(12-23(16)29)30-28(31)10-17(2)20-13-21-22(15-35-26(21)14-25(20)33-4)18-7-9-24(32-3)27(11-18)34-5/h6-15H,1-5H3,(H,30,31)/b17-10+. The molecule has 0 radical (unpaired) electrons. The maximum Gasteiger partial charge on any atom is 0.248 e. The number of furan rings is 1. The lowest BCUT2D eigenvalue weighted by Crippen LogP contribution is -2.09. The van der Waals surface area contributed by atoms with Crippen molar-refractivity contribution in [2.24, 2.45) is 0 Å². The summed E-state index contributed by atoms with van der Waals surface area (Å²) in [5.41, 5.74) is 4.69. The van der Waals surface area contributed by atoms with Crippen molar-refractivity contribution in [3.63, 3.8) is 0 Å². The van der Waals surface area contributed by atoms with Crippen LogP contribution < -0.4 is 19.5 Å². The molecular weight excluding hydrogens is 449 g/mol. The Kier molecular flexibility index (Phi) is 6.78. The molecule has 0 aliphatic heterocycles. The van der Waals surface area contributed by atoms with Crippen molar-refractivity contribution in [3.8, 4) is 28.4 Å². The lowest BCUT2D eigenvalue weighted by molar-refractivity contribution is -0.111. The third-order valence-electron chi connectivity index (χ3n) is 5.80. The topological polar surface area (TPSA) is 69.9 Å². The molecule has 1 amide bonds. The molecule has 0 atom stereocenters. The van der Waals surface area contributed by atoms with Crippen molar-refractivity contribution in [1.82, 2.24) is 0 Å². The zero-order valence-electron chi connectivity index (χ0n) is 20.2. The van der Waals surface area contributed by atoms with E-state index in [0.29, 0.717) is 39.7 Å². The smallest absolute Gasteiger partial charge is 0.248 e. The van der Waals surface area contributed by atoms with E-state index in [9.17, 15) is 9.18 Å². The Bertz CT molecular complexity index is 1440. The summed E-state index contributed by atoms with van der Waals surface area (Å²) in [7, 11) is 4.73. The Labute approximate surface area is 202 Å². The van der Waals surface area contributed by atoms with Crippen LogP contribution in [0.3, 0.4) is 0 Å². The minimum Gasteiger partial charge on any atom is -0.496 e. The lowest BCUT2D eigenvalue weighted by Gasteiger charge is -2.11. The molecule has 6 nitrogen and oxygen atoms in total. The molecule has 1 heterocycles. The van der Waals surface area contributed by atoms with E-state index in [4.69, 9.17) is 18.6 Å². The number of ether oxygens (including phenoxy) is 3. The third kappa shape index (κ3) is 4.84. The van der Waals surface area contributed by atoms with Gasteiger partial charge in [0, 0.05) is 34.3 Å². The highest BCUT2D eigenvalue weighted by Crippen LogP contribution is 2.39. The van der Waals surface area contributed by atoms with Gasteiger partial charge >= 0.3 is 0 Å². The number of anilines is 1. The molecule has 1 aromatic heterocycles. The van der Waals surface area contributed by atoms with Crippen LogP contribution in [-0.2, 0) is 4.79 Å². The van der Waals surface area contributed by atoms with Crippen LogP contribution in [0.2, 0.25) is 0 Å². The molecular formula is C28H26FNO5. The summed E-state index contributed by atoms with van der Waals surface area (Å²) in [6.07, 6.45) is 3.13. The normalized spacial score (nSPS) is 11.4. The van der Waals surface area contributed by atoms with Crippen LogP contribution in [0.25, 0.3) is 27.7 Å². The van der Waals surface area contributed by atoms with Crippen LogP contribution in [0, 0.1) is 12.7 Å². The Morgan fingerprint density at radius 3 is 2.37 bits per heavy atom. The number of carbonyl (C=O) groups excluding carboxylic acids is 1. The van der Waals surface area contributed by atoms with Crippen molar-refractivity contribution >= 4 is 28.1 Å². The van der Waals surface area contributed by atoms with Gasteiger partial charge in [0.05, 0.1) is 27.6 Å². The van der Waals surface area contributed by atoms with E-state index in [0.717, 1.165) is 22.1 Å². The molecule has 7 heteroatoms. The monoisotopic (exact) mass is 475 g/mol. The Morgan fingerprint density at radius 2 is 1.69 bits per heavy atom. The van der Waals surface area contributed by atoms with Crippen LogP contribution in [0.5, 0.6) is 17.2 Å². The van der Waals surface area contributed by atoms with Crippen molar-refractivity contribution in [1.29, 1.82) is 0 Å². The maximum absolute atomic E-state index is 13.8. The van der Waals surface area contributed by atoms with Crippen LogP contribution >= 0.6 is 0 Å². The Balaban J connectivity index is 1.71.